The Hall–Kier alpha value is -1.68. The van der Waals surface area contributed by atoms with Crippen LogP contribution >= 0.6 is 0 Å². The molecule has 0 bridgehead atoms. The van der Waals surface area contributed by atoms with E-state index in [1.54, 1.807) is 12.5 Å². The summed E-state index contributed by atoms with van der Waals surface area (Å²) in [6, 6.07) is 6.04. The van der Waals surface area contributed by atoms with Gasteiger partial charge in [-0.3, -0.25) is 0 Å². The Bertz CT molecular complexity index is 439. The Balaban J connectivity index is 1.91. The van der Waals surface area contributed by atoms with Crippen molar-refractivity contribution in [2.75, 3.05) is 0 Å². The van der Waals surface area contributed by atoms with Crippen molar-refractivity contribution in [1.82, 2.24) is 15.3 Å². The van der Waals surface area contributed by atoms with E-state index in [9.17, 15) is 0 Å². The Kier molecular flexibility index (Phi) is 3.31. The summed E-state index contributed by atoms with van der Waals surface area (Å²) in [6.07, 6.45) is 3.30. The van der Waals surface area contributed by atoms with Crippen molar-refractivity contribution >= 4 is 0 Å². The highest BCUT2D eigenvalue weighted by atomic mass is 16.3. The summed E-state index contributed by atoms with van der Waals surface area (Å²) in [7, 11) is 0. The minimum Gasteiger partial charge on any atom is -0.465 e. The highest BCUT2D eigenvalue weighted by Crippen LogP contribution is 2.15. The molecule has 2 aromatic heterocycles. The monoisotopic (exact) mass is 217 g/mol. The molecule has 0 amide bonds. The van der Waals surface area contributed by atoms with E-state index < -0.39 is 0 Å². The first-order valence-electron chi connectivity index (χ1n) is 5.30. The fraction of sp³-hybridized carbons (Fsp3) is 0.333. The van der Waals surface area contributed by atoms with Gasteiger partial charge < -0.3 is 9.73 Å². The fourth-order valence-corrected chi connectivity index (χ4v) is 1.47. The molecule has 2 aromatic rings. The minimum atomic E-state index is 0.184. The molecule has 0 saturated carbocycles. The average Bonchev–Trinajstić information content (AvgIpc) is 2.74. The summed E-state index contributed by atoms with van der Waals surface area (Å²) in [4.78, 5) is 8.02. The fourth-order valence-electron chi connectivity index (χ4n) is 1.47. The van der Waals surface area contributed by atoms with Gasteiger partial charge >= 0.3 is 0 Å². The molecule has 1 unspecified atom stereocenters. The van der Waals surface area contributed by atoms with E-state index >= 15 is 0 Å². The smallest absolute Gasteiger partial charge is 0.120 e. The van der Waals surface area contributed by atoms with Gasteiger partial charge in [-0.2, -0.15) is 0 Å². The number of nitrogens with one attached hydrogen (secondary N) is 1. The van der Waals surface area contributed by atoms with Gasteiger partial charge in [0.2, 0.25) is 0 Å². The first kappa shape index (κ1) is 10.8. The van der Waals surface area contributed by atoms with Gasteiger partial charge in [0.05, 0.1) is 11.7 Å². The first-order chi connectivity index (χ1) is 7.75. The number of aryl methyl sites for hydroxylation is 1. The van der Waals surface area contributed by atoms with E-state index in [4.69, 9.17) is 4.42 Å². The molecular weight excluding hydrogens is 202 g/mol. The Morgan fingerprint density at radius 1 is 1.38 bits per heavy atom. The Labute approximate surface area is 94.7 Å². The third-order valence-electron chi connectivity index (χ3n) is 2.42. The molecule has 0 aromatic carbocycles. The molecule has 16 heavy (non-hydrogen) atoms. The van der Waals surface area contributed by atoms with Crippen LogP contribution in [-0.4, -0.2) is 9.97 Å². The summed E-state index contributed by atoms with van der Waals surface area (Å²) >= 11 is 0. The highest BCUT2D eigenvalue weighted by Gasteiger charge is 2.08. The predicted molar refractivity (Wildman–Crippen MR) is 60.7 cm³/mol. The van der Waals surface area contributed by atoms with Gasteiger partial charge in [-0.05, 0) is 32.0 Å². The van der Waals surface area contributed by atoms with Crippen molar-refractivity contribution in [1.29, 1.82) is 0 Å². The maximum atomic E-state index is 5.54. The van der Waals surface area contributed by atoms with Crippen LogP contribution in [0.1, 0.15) is 30.2 Å². The Morgan fingerprint density at radius 3 is 2.88 bits per heavy atom. The molecule has 0 fully saturated rings. The van der Waals surface area contributed by atoms with Crippen LogP contribution in [0.25, 0.3) is 0 Å². The molecule has 1 atom stereocenters. The predicted octanol–water partition coefficient (Wildman–Crippen LogP) is 2.23. The van der Waals surface area contributed by atoms with Crippen LogP contribution < -0.4 is 5.32 Å². The quantitative estimate of drug-likeness (QED) is 0.853. The van der Waals surface area contributed by atoms with Gasteiger partial charge in [-0.1, -0.05) is 0 Å². The van der Waals surface area contributed by atoms with E-state index in [1.165, 1.54) is 0 Å². The summed E-state index contributed by atoms with van der Waals surface area (Å²) < 4.78 is 5.54. The van der Waals surface area contributed by atoms with E-state index in [0.29, 0.717) is 6.54 Å². The second-order valence-corrected chi connectivity index (χ2v) is 3.75. The SMILES string of the molecule is Cc1ccc(C(C)NCc2ccncn2)o1. The molecule has 1 N–H and O–H groups in total. The van der Waals surface area contributed by atoms with Crippen LogP contribution in [0, 0.1) is 6.92 Å². The lowest BCUT2D eigenvalue weighted by molar-refractivity contribution is 0.414. The zero-order valence-corrected chi connectivity index (χ0v) is 9.47. The van der Waals surface area contributed by atoms with Gasteiger partial charge in [0, 0.05) is 12.7 Å². The van der Waals surface area contributed by atoms with E-state index in [-0.39, 0.29) is 6.04 Å². The number of aromatic nitrogens is 2. The third-order valence-corrected chi connectivity index (χ3v) is 2.42. The molecular formula is C12H15N3O. The molecule has 0 saturated heterocycles. The first-order valence-corrected chi connectivity index (χ1v) is 5.30. The zero-order chi connectivity index (χ0) is 11.4. The zero-order valence-electron chi connectivity index (χ0n) is 9.47. The minimum absolute atomic E-state index is 0.184. The van der Waals surface area contributed by atoms with Gasteiger partial charge in [0.25, 0.3) is 0 Å². The van der Waals surface area contributed by atoms with Gasteiger partial charge in [-0.15, -0.1) is 0 Å². The van der Waals surface area contributed by atoms with Crippen LogP contribution in [0.3, 0.4) is 0 Å². The lowest BCUT2D eigenvalue weighted by atomic mass is 10.2. The third kappa shape index (κ3) is 2.67. The van der Waals surface area contributed by atoms with Crippen LogP contribution in [0.4, 0.5) is 0 Å². The molecule has 4 heteroatoms. The highest BCUT2D eigenvalue weighted by molar-refractivity contribution is 5.09. The van der Waals surface area contributed by atoms with E-state index in [0.717, 1.165) is 17.2 Å². The lowest BCUT2D eigenvalue weighted by Crippen LogP contribution is -2.18. The summed E-state index contributed by atoms with van der Waals surface area (Å²) in [5.41, 5.74) is 0.977. The standard InChI is InChI=1S/C12H15N3O/c1-9-3-4-12(16-9)10(2)14-7-11-5-6-13-8-15-11/h3-6,8,10,14H,7H2,1-2H3. The molecule has 0 aliphatic carbocycles. The largest absolute Gasteiger partial charge is 0.465 e. The maximum Gasteiger partial charge on any atom is 0.120 e. The van der Waals surface area contributed by atoms with Crippen molar-refractivity contribution in [3.8, 4) is 0 Å². The van der Waals surface area contributed by atoms with E-state index in [2.05, 4.69) is 22.2 Å². The van der Waals surface area contributed by atoms with Gasteiger partial charge in [-0.25, -0.2) is 9.97 Å². The van der Waals surface area contributed by atoms with Crippen molar-refractivity contribution in [2.24, 2.45) is 0 Å². The van der Waals surface area contributed by atoms with Crippen molar-refractivity contribution in [2.45, 2.75) is 26.4 Å². The topological polar surface area (TPSA) is 51.0 Å². The maximum absolute atomic E-state index is 5.54. The molecule has 0 aliphatic rings. The average molecular weight is 217 g/mol. The lowest BCUT2D eigenvalue weighted by Gasteiger charge is -2.10. The van der Waals surface area contributed by atoms with Crippen molar-refractivity contribution in [3.05, 3.63) is 47.9 Å². The summed E-state index contributed by atoms with van der Waals surface area (Å²) in [6.45, 7) is 4.73. The van der Waals surface area contributed by atoms with E-state index in [1.807, 2.05) is 25.1 Å². The Morgan fingerprint density at radius 2 is 2.25 bits per heavy atom. The van der Waals surface area contributed by atoms with Crippen molar-refractivity contribution < 1.29 is 4.42 Å². The second-order valence-electron chi connectivity index (χ2n) is 3.75. The molecule has 2 heterocycles. The van der Waals surface area contributed by atoms with Crippen LogP contribution in [-0.2, 0) is 6.54 Å². The molecule has 84 valence electrons. The molecule has 0 aliphatic heterocycles. The molecule has 0 radical (unpaired) electrons. The normalized spacial score (nSPS) is 12.6. The number of hydrogen-bond donors (Lipinski definition) is 1. The molecule has 0 spiro atoms. The summed E-state index contributed by atoms with van der Waals surface area (Å²) in [5, 5.41) is 3.34. The molecule has 4 nitrogen and oxygen atoms in total. The number of rotatable bonds is 4. The van der Waals surface area contributed by atoms with Crippen molar-refractivity contribution in [3.63, 3.8) is 0 Å². The van der Waals surface area contributed by atoms with Crippen LogP contribution in [0.5, 0.6) is 0 Å². The number of furan rings is 1. The van der Waals surface area contributed by atoms with Gasteiger partial charge in [0.15, 0.2) is 0 Å². The number of hydrogen-bond acceptors (Lipinski definition) is 4. The van der Waals surface area contributed by atoms with Crippen LogP contribution in [0.15, 0.2) is 35.1 Å². The van der Waals surface area contributed by atoms with Gasteiger partial charge in [0.1, 0.15) is 17.8 Å². The van der Waals surface area contributed by atoms with Crippen LogP contribution in [0.2, 0.25) is 0 Å². The second kappa shape index (κ2) is 4.90. The number of nitrogens with zero attached hydrogens (tertiary/aromatic N) is 2. The molecule has 2 rings (SSSR count). The summed E-state index contributed by atoms with van der Waals surface area (Å²) in [5.74, 6) is 1.89.